The minimum absolute atomic E-state index is 0. The first-order chi connectivity index (χ1) is 9.76. The van der Waals surface area contributed by atoms with Gasteiger partial charge in [-0.2, -0.15) is 0 Å². The van der Waals surface area contributed by atoms with E-state index in [0.717, 1.165) is 35.2 Å². The molecule has 0 unspecified atom stereocenters. The van der Waals surface area contributed by atoms with Crippen LogP contribution in [0.5, 0.6) is 0 Å². The van der Waals surface area contributed by atoms with Gasteiger partial charge in [-0.15, -0.1) is 12.4 Å². The summed E-state index contributed by atoms with van der Waals surface area (Å²) < 4.78 is 4.11. The van der Waals surface area contributed by atoms with Crippen LogP contribution in [0.2, 0.25) is 5.02 Å². The molecule has 2 aromatic heterocycles. The number of hydrogen-bond acceptors (Lipinski definition) is 2. The third kappa shape index (κ3) is 3.46. The van der Waals surface area contributed by atoms with Crippen LogP contribution < -0.4 is 0 Å². The molecule has 2 heterocycles. The molecule has 0 bridgehead atoms. The molecule has 0 aliphatic carbocycles. The van der Waals surface area contributed by atoms with Gasteiger partial charge < -0.3 is 9.13 Å². The maximum Gasteiger partial charge on any atom is 0.108 e. The van der Waals surface area contributed by atoms with E-state index in [0.29, 0.717) is 0 Å². The van der Waals surface area contributed by atoms with Gasteiger partial charge in [0.25, 0.3) is 0 Å². The second-order valence-corrected chi connectivity index (χ2v) is 5.01. The molecule has 0 amide bonds. The van der Waals surface area contributed by atoms with Gasteiger partial charge in [0.05, 0.1) is 18.6 Å². The van der Waals surface area contributed by atoms with E-state index in [1.165, 1.54) is 0 Å². The molecule has 0 spiro atoms. The van der Waals surface area contributed by atoms with Gasteiger partial charge in [-0.05, 0) is 24.3 Å². The van der Waals surface area contributed by atoms with Crippen molar-refractivity contribution in [2.24, 2.45) is 0 Å². The van der Waals surface area contributed by atoms with Crippen LogP contribution in [0.4, 0.5) is 0 Å². The molecule has 4 nitrogen and oxygen atoms in total. The normalized spacial score (nSPS) is 10.4. The van der Waals surface area contributed by atoms with Crippen LogP contribution in [0.25, 0.3) is 5.69 Å². The van der Waals surface area contributed by atoms with Gasteiger partial charge in [0.1, 0.15) is 5.82 Å². The van der Waals surface area contributed by atoms with Crippen LogP contribution in [0.1, 0.15) is 18.4 Å². The lowest BCUT2D eigenvalue weighted by molar-refractivity contribution is 0.719. The zero-order chi connectivity index (χ0) is 13.9. The summed E-state index contributed by atoms with van der Waals surface area (Å²) in [6.45, 7) is 2.84. The van der Waals surface area contributed by atoms with Crippen molar-refractivity contribution in [1.82, 2.24) is 19.1 Å². The lowest BCUT2D eigenvalue weighted by atomic mass is 10.3. The highest BCUT2D eigenvalue weighted by molar-refractivity contribution is 6.30. The number of hydrogen-bond donors (Lipinski definition) is 0. The van der Waals surface area contributed by atoms with E-state index in [1.54, 1.807) is 0 Å². The van der Waals surface area contributed by atoms with E-state index >= 15 is 0 Å². The zero-order valence-electron chi connectivity index (χ0n) is 11.6. The highest BCUT2D eigenvalue weighted by atomic mass is 35.5. The standard InChI is InChI=1S/C15H15ClN4.ClH/c1-2-15-17-7-8-19(15)9-13-10-20(11-18-13)14-5-3-12(16)4-6-14;/h3-8,10-11H,2,9H2,1H3;1H. The molecular formula is C15H16Cl2N4. The zero-order valence-corrected chi connectivity index (χ0v) is 13.2. The molecule has 0 saturated heterocycles. The fraction of sp³-hybridized carbons (Fsp3) is 0.200. The van der Waals surface area contributed by atoms with E-state index in [9.17, 15) is 0 Å². The van der Waals surface area contributed by atoms with Crippen LogP contribution in [0, 0.1) is 0 Å². The molecule has 0 aliphatic rings. The van der Waals surface area contributed by atoms with Gasteiger partial charge in [0.15, 0.2) is 0 Å². The molecular weight excluding hydrogens is 307 g/mol. The fourth-order valence-corrected chi connectivity index (χ4v) is 2.30. The Morgan fingerprint density at radius 1 is 1.14 bits per heavy atom. The summed E-state index contributed by atoms with van der Waals surface area (Å²) in [6.07, 6.45) is 8.59. The van der Waals surface area contributed by atoms with Gasteiger partial charge in [-0.1, -0.05) is 18.5 Å². The van der Waals surface area contributed by atoms with Crippen molar-refractivity contribution in [3.05, 3.63) is 65.7 Å². The van der Waals surface area contributed by atoms with E-state index in [2.05, 4.69) is 21.5 Å². The number of halogens is 2. The van der Waals surface area contributed by atoms with E-state index in [1.807, 2.05) is 53.8 Å². The van der Waals surface area contributed by atoms with Crippen LogP contribution >= 0.6 is 24.0 Å². The van der Waals surface area contributed by atoms with Crippen LogP contribution in [-0.4, -0.2) is 19.1 Å². The van der Waals surface area contributed by atoms with E-state index in [4.69, 9.17) is 11.6 Å². The topological polar surface area (TPSA) is 35.6 Å². The minimum atomic E-state index is 0. The Kier molecular flexibility index (Phi) is 5.04. The number of nitrogens with zero attached hydrogens (tertiary/aromatic N) is 4. The van der Waals surface area contributed by atoms with E-state index in [-0.39, 0.29) is 12.4 Å². The number of benzene rings is 1. The maximum atomic E-state index is 5.90. The monoisotopic (exact) mass is 322 g/mol. The van der Waals surface area contributed by atoms with Crippen molar-refractivity contribution < 1.29 is 0 Å². The quantitative estimate of drug-likeness (QED) is 0.733. The largest absolute Gasteiger partial charge is 0.329 e. The molecule has 0 aliphatic heterocycles. The Bertz CT molecular complexity index is 701. The summed E-state index contributed by atoms with van der Waals surface area (Å²) in [5.74, 6) is 1.08. The third-order valence-electron chi connectivity index (χ3n) is 3.21. The molecule has 110 valence electrons. The summed E-state index contributed by atoms with van der Waals surface area (Å²) in [7, 11) is 0. The number of imidazole rings is 2. The van der Waals surface area contributed by atoms with Crippen LogP contribution in [0.3, 0.4) is 0 Å². The maximum absolute atomic E-state index is 5.90. The van der Waals surface area contributed by atoms with Gasteiger partial charge in [-0.3, -0.25) is 0 Å². The van der Waals surface area contributed by atoms with Gasteiger partial charge in [0.2, 0.25) is 0 Å². The Balaban J connectivity index is 0.00000161. The molecule has 0 radical (unpaired) electrons. The van der Waals surface area contributed by atoms with Crippen LogP contribution in [-0.2, 0) is 13.0 Å². The smallest absolute Gasteiger partial charge is 0.108 e. The van der Waals surface area contributed by atoms with Crippen molar-refractivity contribution in [2.45, 2.75) is 19.9 Å². The Morgan fingerprint density at radius 2 is 1.90 bits per heavy atom. The summed E-state index contributed by atoms with van der Waals surface area (Å²) in [4.78, 5) is 8.77. The minimum Gasteiger partial charge on any atom is -0.329 e. The van der Waals surface area contributed by atoms with Crippen LogP contribution in [0.15, 0.2) is 49.2 Å². The second kappa shape index (κ2) is 6.78. The third-order valence-corrected chi connectivity index (χ3v) is 3.46. The summed E-state index contributed by atoms with van der Waals surface area (Å²) in [5, 5.41) is 0.736. The molecule has 3 aromatic rings. The first-order valence-electron chi connectivity index (χ1n) is 6.55. The average molecular weight is 323 g/mol. The molecule has 1 aromatic carbocycles. The fourth-order valence-electron chi connectivity index (χ4n) is 2.17. The first-order valence-corrected chi connectivity index (χ1v) is 6.93. The summed E-state index contributed by atoms with van der Waals surface area (Å²) in [6, 6.07) is 7.70. The first kappa shape index (κ1) is 15.6. The van der Waals surface area contributed by atoms with Gasteiger partial charge >= 0.3 is 0 Å². The van der Waals surface area contributed by atoms with Crippen molar-refractivity contribution >= 4 is 24.0 Å². The van der Waals surface area contributed by atoms with Gasteiger partial charge in [-0.25, -0.2) is 9.97 Å². The van der Waals surface area contributed by atoms with Crippen molar-refractivity contribution in [1.29, 1.82) is 0 Å². The molecule has 0 atom stereocenters. The average Bonchev–Trinajstić information content (AvgIpc) is 3.09. The molecule has 21 heavy (non-hydrogen) atoms. The lowest BCUT2D eigenvalue weighted by Gasteiger charge is -2.04. The Hall–Kier alpha value is -1.78. The molecule has 0 N–H and O–H groups in total. The number of aromatic nitrogens is 4. The summed E-state index contributed by atoms with van der Waals surface area (Å²) in [5.41, 5.74) is 2.06. The van der Waals surface area contributed by atoms with Gasteiger partial charge in [0, 0.05) is 35.7 Å². The SMILES string of the molecule is CCc1nccn1Cc1cn(-c2ccc(Cl)cc2)cn1.Cl. The predicted molar refractivity (Wildman–Crippen MR) is 86.5 cm³/mol. The highest BCUT2D eigenvalue weighted by Crippen LogP contribution is 2.14. The highest BCUT2D eigenvalue weighted by Gasteiger charge is 2.05. The second-order valence-electron chi connectivity index (χ2n) is 4.57. The Morgan fingerprint density at radius 3 is 2.62 bits per heavy atom. The lowest BCUT2D eigenvalue weighted by Crippen LogP contribution is -2.03. The Labute approximate surface area is 134 Å². The van der Waals surface area contributed by atoms with Crippen molar-refractivity contribution in [2.75, 3.05) is 0 Å². The number of aryl methyl sites for hydroxylation is 1. The van der Waals surface area contributed by atoms with Crippen molar-refractivity contribution in [3.63, 3.8) is 0 Å². The molecule has 0 fully saturated rings. The van der Waals surface area contributed by atoms with Crippen molar-refractivity contribution in [3.8, 4) is 5.69 Å². The predicted octanol–water partition coefficient (Wildman–Crippen LogP) is 3.75. The number of rotatable bonds is 4. The van der Waals surface area contributed by atoms with E-state index < -0.39 is 0 Å². The molecule has 3 rings (SSSR count). The molecule has 6 heteroatoms. The molecule has 0 saturated carbocycles. The summed E-state index contributed by atoms with van der Waals surface area (Å²) >= 11 is 5.90.